The maximum atomic E-state index is 10.7. The zero-order chi connectivity index (χ0) is 14.6. The molecule has 0 spiro atoms. The Morgan fingerprint density at radius 2 is 2.05 bits per heavy atom. The second-order valence-corrected chi connectivity index (χ2v) is 3.60. The molecule has 2 amide bonds. The molecule has 0 bridgehead atoms. The topological polar surface area (TPSA) is 118 Å². The van der Waals surface area contributed by atoms with E-state index in [2.05, 4.69) is 10.5 Å². The van der Waals surface area contributed by atoms with Crippen LogP contribution in [0.25, 0.3) is 0 Å². The SMILES string of the molecule is NNC(=O)NN=Cc1ccc(OCCOCCO)cc1. The van der Waals surface area contributed by atoms with Crippen LogP contribution < -0.4 is 21.4 Å². The standard InChI is InChI=1S/C12H18N4O4/c13-15-12(18)16-14-9-10-1-3-11(4-2-10)20-8-7-19-6-5-17/h1-4,9,17H,5-8,13H2,(H2,15,16,18). The monoisotopic (exact) mass is 282 g/mol. The average Bonchev–Trinajstić information content (AvgIpc) is 2.48. The molecular weight excluding hydrogens is 264 g/mol. The van der Waals surface area contributed by atoms with E-state index >= 15 is 0 Å². The molecule has 0 saturated heterocycles. The Morgan fingerprint density at radius 3 is 2.70 bits per heavy atom. The molecule has 0 aliphatic heterocycles. The average molecular weight is 282 g/mol. The number of ether oxygens (including phenoxy) is 2. The van der Waals surface area contributed by atoms with Crippen molar-refractivity contribution in [3.63, 3.8) is 0 Å². The molecule has 0 radical (unpaired) electrons. The summed E-state index contributed by atoms with van der Waals surface area (Å²) in [5.41, 5.74) is 4.86. The van der Waals surface area contributed by atoms with Gasteiger partial charge in [-0.3, -0.25) is 5.43 Å². The van der Waals surface area contributed by atoms with Crippen molar-refractivity contribution < 1.29 is 19.4 Å². The summed E-state index contributed by atoms with van der Waals surface area (Å²) >= 11 is 0. The number of benzene rings is 1. The van der Waals surface area contributed by atoms with Crippen LogP contribution in [0.3, 0.4) is 0 Å². The van der Waals surface area contributed by atoms with Gasteiger partial charge in [-0.05, 0) is 29.8 Å². The van der Waals surface area contributed by atoms with Crippen molar-refractivity contribution in [2.75, 3.05) is 26.4 Å². The highest BCUT2D eigenvalue weighted by Crippen LogP contribution is 2.10. The van der Waals surface area contributed by atoms with Crippen LogP contribution in [0.2, 0.25) is 0 Å². The predicted molar refractivity (Wildman–Crippen MR) is 73.3 cm³/mol. The van der Waals surface area contributed by atoms with Crippen LogP contribution >= 0.6 is 0 Å². The fraction of sp³-hybridized carbons (Fsp3) is 0.333. The van der Waals surface area contributed by atoms with E-state index < -0.39 is 6.03 Å². The normalized spacial score (nSPS) is 10.5. The van der Waals surface area contributed by atoms with Crippen LogP contribution in [0.5, 0.6) is 5.75 Å². The van der Waals surface area contributed by atoms with Crippen LogP contribution in [-0.4, -0.2) is 43.8 Å². The van der Waals surface area contributed by atoms with Gasteiger partial charge in [-0.2, -0.15) is 5.10 Å². The van der Waals surface area contributed by atoms with Crippen molar-refractivity contribution >= 4 is 12.2 Å². The number of hydrazine groups is 1. The molecule has 110 valence electrons. The summed E-state index contributed by atoms with van der Waals surface area (Å²) in [7, 11) is 0. The summed E-state index contributed by atoms with van der Waals surface area (Å²) in [6.07, 6.45) is 1.48. The van der Waals surface area contributed by atoms with E-state index in [1.807, 2.05) is 5.43 Å². The van der Waals surface area contributed by atoms with Gasteiger partial charge >= 0.3 is 6.03 Å². The van der Waals surface area contributed by atoms with Gasteiger partial charge in [0.2, 0.25) is 0 Å². The highest BCUT2D eigenvalue weighted by atomic mass is 16.5. The van der Waals surface area contributed by atoms with Gasteiger partial charge in [-0.15, -0.1) is 0 Å². The number of nitrogens with one attached hydrogen (secondary N) is 2. The molecular formula is C12H18N4O4. The van der Waals surface area contributed by atoms with E-state index in [9.17, 15) is 4.79 Å². The molecule has 8 nitrogen and oxygen atoms in total. The molecule has 0 atom stereocenters. The van der Waals surface area contributed by atoms with Gasteiger partial charge in [0.1, 0.15) is 12.4 Å². The number of carbonyl (C=O) groups is 1. The Balaban J connectivity index is 2.31. The second kappa shape index (κ2) is 9.73. The second-order valence-electron chi connectivity index (χ2n) is 3.60. The number of aliphatic hydroxyl groups excluding tert-OH is 1. The number of hydrogen-bond donors (Lipinski definition) is 4. The summed E-state index contributed by atoms with van der Waals surface area (Å²) in [5.74, 6) is 5.57. The first-order valence-electron chi connectivity index (χ1n) is 5.97. The van der Waals surface area contributed by atoms with Gasteiger partial charge < -0.3 is 14.6 Å². The first-order valence-corrected chi connectivity index (χ1v) is 5.97. The molecule has 20 heavy (non-hydrogen) atoms. The molecule has 1 aromatic rings. The van der Waals surface area contributed by atoms with Crippen LogP contribution in [0, 0.1) is 0 Å². The number of urea groups is 1. The molecule has 8 heteroatoms. The summed E-state index contributed by atoms with van der Waals surface area (Å²) in [6, 6.07) is 6.53. The van der Waals surface area contributed by atoms with Crippen molar-refractivity contribution in [2.24, 2.45) is 10.9 Å². The van der Waals surface area contributed by atoms with E-state index in [0.717, 1.165) is 5.56 Å². The lowest BCUT2D eigenvalue weighted by Crippen LogP contribution is -2.37. The maximum absolute atomic E-state index is 10.7. The third kappa shape index (κ3) is 6.69. The van der Waals surface area contributed by atoms with Crippen molar-refractivity contribution in [1.29, 1.82) is 0 Å². The number of nitrogens with two attached hydrogens (primary N) is 1. The van der Waals surface area contributed by atoms with Gasteiger partial charge in [0, 0.05) is 0 Å². The molecule has 0 fully saturated rings. The molecule has 1 rings (SSSR count). The fourth-order valence-corrected chi connectivity index (χ4v) is 1.23. The third-order valence-corrected chi connectivity index (χ3v) is 2.12. The van der Waals surface area contributed by atoms with Gasteiger partial charge in [-0.25, -0.2) is 16.1 Å². The molecule has 0 aromatic heterocycles. The Bertz CT molecular complexity index is 422. The lowest BCUT2D eigenvalue weighted by molar-refractivity contribution is 0.0705. The Morgan fingerprint density at radius 1 is 1.30 bits per heavy atom. The number of amides is 2. The summed E-state index contributed by atoms with van der Waals surface area (Å²) in [5, 5.41) is 12.2. The zero-order valence-corrected chi connectivity index (χ0v) is 10.9. The number of rotatable bonds is 8. The quantitative estimate of drug-likeness (QED) is 0.170. The van der Waals surface area contributed by atoms with Gasteiger partial charge in [0.25, 0.3) is 0 Å². The van der Waals surface area contributed by atoms with Crippen molar-refractivity contribution in [1.82, 2.24) is 10.9 Å². The Labute approximate surface area is 116 Å². The van der Waals surface area contributed by atoms with Crippen LogP contribution in [-0.2, 0) is 4.74 Å². The lowest BCUT2D eigenvalue weighted by atomic mass is 10.2. The summed E-state index contributed by atoms with van der Waals surface area (Å²) in [4.78, 5) is 10.7. The number of carbonyl (C=O) groups excluding carboxylic acids is 1. The first-order chi connectivity index (χ1) is 9.76. The van der Waals surface area contributed by atoms with Crippen molar-refractivity contribution in [3.8, 4) is 5.75 Å². The van der Waals surface area contributed by atoms with Crippen LogP contribution in [0.15, 0.2) is 29.4 Å². The zero-order valence-electron chi connectivity index (χ0n) is 10.9. The first kappa shape index (κ1) is 15.9. The molecule has 5 N–H and O–H groups in total. The predicted octanol–water partition coefficient (Wildman–Crippen LogP) is -0.419. The maximum Gasteiger partial charge on any atom is 0.349 e. The van der Waals surface area contributed by atoms with E-state index in [-0.39, 0.29) is 6.61 Å². The molecule has 1 aromatic carbocycles. The van der Waals surface area contributed by atoms with E-state index in [1.54, 1.807) is 24.3 Å². The minimum absolute atomic E-state index is 0.00421. The van der Waals surface area contributed by atoms with E-state index in [4.69, 9.17) is 20.4 Å². The smallest absolute Gasteiger partial charge is 0.349 e. The highest BCUT2D eigenvalue weighted by molar-refractivity contribution is 5.81. The molecule has 0 saturated carbocycles. The molecule has 0 aliphatic rings. The lowest BCUT2D eigenvalue weighted by Gasteiger charge is -2.06. The Hall–Kier alpha value is -2.16. The van der Waals surface area contributed by atoms with Crippen molar-refractivity contribution in [3.05, 3.63) is 29.8 Å². The van der Waals surface area contributed by atoms with Gasteiger partial charge in [-0.1, -0.05) is 0 Å². The Kier molecular flexibility index (Phi) is 7.73. The van der Waals surface area contributed by atoms with Crippen LogP contribution in [0.4, 0.5) is 4.79 Å². The largest absolute Gasteiger partial charge is 0.491 e. The van der Waals surface area contributed by atoms with Crippen LogP contribution in [0.1, 0.15) is 5.56 Å². The van der Waals surface area contributed by atoms with Gasteiger partial charge in [0.05, 0.1) is 26.0 Å². The van der Waals surface area contributed by atoms with Crippen molar-refractivity contribution in [2.45, 2.75) is 0 Å². The minimum atomic E-state index is -0.593. The summed E-state index contributed by atoms with van der Waals surface area (Å²) in [6.45, 7) is 1.14. The minimum Gasteiger partial charge on any atom is -0.491 e. The van der Waals surface area contributed by atoms with Gasteiger partial charge in [0.15, 0.2) is 0 Å². The molecule has 0 heterocycles. The molecule has 0 unspecified atom stereocenters. The molecule has 0 aliphatic carbocycles. The van der Waals surface area contributed by atoms with E-state index in [1.165, 1.54) is 6.21 Å². The summed E-state index contributed by atoms with van der Waals surface area (Å²) < 4.78 is 10.5. The number of hydrogen-bond acceptors (Lipinski definition) is 6. The fourth-order valence-electron chi connectivity index (χ4n) is 1.23. The number of aliphatic hydroxyl groups is 1. The highest BCUT2D eigenvalue weighted by Gasteiger charge is 1.95. The number of nitrogens with zero attached hydrogens (tertiary/aromatic N) is 1. The number of hydrazone groups is 1. The third-order valence-electron chi connectivity index (χ3n) is 2.12. The van der Waals surface area contributed by atoms with E-state index in [0.29, 0.717) is 25.6 Å².